The van der Waals surface area contributed by atoms with Crippen molar-refractivity contribution in [2.24, 2.45) is 5.92 Å². The first-order chi connectivity index (χ1) is 14.8. The number of H-pyrrole nitrogens is 1. The Kier molecular flexibility index (Phi) is 5.63. The van der Waals surface area contributed by atoms with Crippen molar-refractivity contribution in [3.05, 3.63) is 94.4 Å². The number of aromatic nitrogens is 1. The molecular weight excluding hydrogens is 386 g/mol. The highest BCUT2D eigenvalue weighted by atomic mass is 32.2. The number of nitrogens with one attached hydrogen (secondary N) is 1. The lowest BCUT2D eigenvalue weighted by atomic mass is 9.95. The maximum atomic E-state index is 12.9. The number of allylic oxidation sites excluding steroid dienone is 1. The molecule has 2 aliphatic carbocycles. The molecule has 0 spiro atoms. The molecule has 3 aromatic rings. The van der Waals surface area contributed by atoms with Gasteiger partial charge in [-0.25, -0.2) is 0 Å². The molecule has 0 amide bonds. The lowest BCUT2D eigenvalue weighted by Gasteiger charge is -2.13. The third-order valence-electron chi connectivity index (χ3n) is 6.08. The predicted molar refractivity (Wildman–Crippen MR) is 127 cm³/mol. The maximum Gasteiger partial charge on any atom is 0.256 e. The summed E-state index contributed by atoms with van der Waals surface area (Å²) in [7, 11) is 0. The number of aromatic amines is 1. The Balaban J connectivity index is 1.50. The molecular formula is C27H27NOS. The highest BCUT2D eigenvalue weighted by Crippen LogP contribution is 2.39. The first-order valence-corrected chi connectivity index (χ1v) is 11.9. The molecule has 152 valence electrons. The van der Waals surface area contributed by atoms with Crippen LogP contribution < -0.4 is 5.56 Å². The predicted octanol–water partition coefficient (Wildman–Crippen LogP) is 6.92. The molecule has 3 heteroatoms. The Morgan fingerprint density at radius 1 is 0.867 bits per heavy atom. The van der Waals surface area contributed by atoms with Gasteiger partial charge in [0.05, 0.1) is 0 Å². The Morgan fingerprint density at radius 2 is 1.60 bits per heavy atom. The van der Waals surface area contributed by atoms with Gasteiger partial charge in [0, 0.05) is 27.0 Å². The van der Waals surface area contributed by atoms with Gasteiger partial charge in [-0.2, -0.15) is 0 Å². The first kappa shape index (κ1) is 19.4. The molecule has 2 fully saturated rings. The van der Waals surface area contributed by atoms with Crippen molar-refractivity contribution in [2.45, 2.75) is 48.7 Å². The van der Waals surface area contributed by atoms with Crippen LogP contribution in [0.25, 0.3) is 16.7 Å². The lowest BCUT2D eigenvalue weighted by Crippen LogP contribution is -2.11. The van der Waals surface area contributed by atoms with Crippen LogP contribution in [-0.4, -0.2) is 10.2 Å². The van der Waals surface area contributed by atoms with Crippen molar-refractivity contribution in [1.29, 1.82) is 0 Å². The van der Waals surface area contributed by atoms with Gasteiger partial charge in [-0.15, -0.1) is 11.8 Å². The van der Waals surface area contributed by atoms with Crippen LogP contribution in [0.1, 0.15) is 49.8 Å². The van der Waals surface area contributed by atoms with Crippen molar-refractivity contribution in [2.75, 3.05) is 0 Å². The van der Waals surface area contributed by atoms with Crippen LogP contribution in [0.3, 0.4) is 0 Å². The SMILES string of the molecule is O=c1[nH]c(/C(=C/C2CCCC2)c2ccc(SC3CC3)cc2)ccc1-c1ccccc1. The largest absolute Gasteiger partial charge is 0.321 e. The van der Waals surface area contributed by atoms with Gasteiger partial charge < -0.3 is 4.98 Å². The summed E-state index contributed by atoms with van der Waals surface area (Å²) in [5, 5.41) is 0.811. The second-order valence-electron chi connectivity index (χ2n) is 8.45. The quantitative estimate of drug-likeness (QED) is 0.476. The molecule has 5 rings (SSSR count). The minimum atomic E-state index is -0.0306. The van der Waals surface area contributed by atoms with Crippen molar-refractivity contribution < 1.29 is 0 Å². The molecule has 2 aromatic carbocycles. The summed E-state index contributed by atoms with van der Waals surface area (Å²) < 4.78 is 0. The standard InChI is InChI=1S/C27H27NOS/c29-27-24(20-8-2-1-3-9-20)16-17-26(28-27)25(18-19-6-4-5-7-19)21-10-12-22(13-11-21)30-23-14-15-23/h1-3,8-13,16-19,23H,4-7,14-15H2,(H,28,29)/b25-18+. The van der Waals surface area contributed by atoms with Gasteiger partial charge in [0.1, 0.15) is 0 Å². The summed E-state index contributed by atoms with van der Waals surface area (Å²) >= 11 is 1.98. The van der Waals surface area contributed by atoms with E-state index in [0.717, 1.165) is 27.6 Å². The van der Waals surface area contributed by atoms with E-state index in [1.165, 1.54) is 49.0 Å². The van der Waals surface area contributed by atoms with Crippen molar-refractivity contribution in [3.8, 4) is 11.1 Å². The van der Waals surface area contributed by atoms with E-state index in [0.29, 0.717) is 5.92 Å². The Morgan fingerprint density at radius 3 is 2.27 bits per heavy atom. The fraction of sp³-hybridized carbons (Fsp3) is 0.296. The van der Waals surface area contributed by atoms with E-state index in [2.05, 4.69) is 41.4 Å². The number of rotatable bonds is 6. The van der Waals surface area contributed by atoms with Gasteiger partial charge in [-0.05, 0) is 67.0 Å². The molecule has 0 radical (unpaired) electrons. The number of benzene rings is 2. The molecule has 0 saturated heterocycles. The fourth-order valence-corrected chi connectivity index (χ4v) is 5.32. The summed E-state index contributed by atoms with van der Waals surface area (Å²) in [6.07, 6.45) is 10.2. The van der Waals surface area contributed by atoms with Crippen LogP contribution in [0.15, 0.2) is 82.5 Å². The van der Waals surface area contributed by atoms with E-state index in [-0.39, 0.29) is 5.56 Å². The molecule has 2 aliphatic rings. The molecule has 0 atom stereocenters. The van der Waals surface area contributed by atoms with Gasteiger partial charge in [-0.1, -0.05) is 61.4 Å². The molecule has 1 aromatic heterocycles. The molecule has 2 saturated carbocycles. The van der Waals surface area contributed by atoms with E-state index in [9.17, 15) is 4.79 Å². The van der Waals surface area contributed by atoms with E-state index in [1.54, 1.807) is 0 Å². The topological polar surface area (TPSA) is 32.9 Å². The van der Waals surface area contributed by atoms with Crippen LogP contribution in [-0.2, 0) is 0 Å². The van der Waals surface area contributed by atoms with Gasteiger partial charge in [0.2, 0.25) is 0 Å². The average Bonchev–Trinajstić information content (AvgIpc) is 3.44. The van der Waals surface area contributed by atoms with Crippen LogP contribution >= 0.6 is 11.8 Å². The summed E-state index contributed by atoms with van der Waals surface area (Å²) in [4.78, 5) is 17.4. The molecule has 0 unspecified atom stereocenters. The fourth-order valence-electron chi connectivity index (χ4n) is 4.27. The highest BCUT2D eigenvalue weighted by Gasteiger charge is 2.22. The van der Waals surface area contributed by atoms with E-state index in [1.807, 2.05) is 48.2 Å². The van der Waals surface area contributed by atoms with Crippen LogP contribution in [0, 0.1) is 5.92 Å². The summed E-state index contributed by atoms with van der Waals surface area (Å²) in [6, 6.07) is 22.8. The van der Waals surface area contributed by atoms with Crippen molar-refractivity contribution >= 4 is 17.3 Å². The zero-order valence-electron chi connectivity index (χ0n) is 17.1. The second-order valence-corrected chi connectivity index (χ2v) is 9.82. The number of thioether (sulfide) groups is 1. The van der Waals surface area contributed by atoms with Gasteiger partial charge in [0.15, 0.2) is 0 Å². The Hall–Kier alpha value is -2.52. The molecule has 0 aliphatic heterocycles. The van der Waals surface area contributed by atoms with Crippen LogP contribution in [0.4, 0.5) is 0 Å². The third kappa shape index (κ3) is 4.46. The first-order valence-electron chi connectivity index (χ1n) is 11.0. The monoisotopic (exact) mass is 413 g/mol. The highest BCUT2D eigenvalue weighted by molar-refractivity contribution is 8.00. The van der Waals surface area contributed by atoms with E-state index < -0.39 is 0 Å². The molecule has 1 heterocycles. The van der Waals surface area contributed by atoms with Crippen LogP contribution in [0.5, 0.6) is 0 Å². The number of hydrogen-bond acceptors (Lipinski definition) is 2. The Bertz CT molecular complexity index is 1090. The molecule has 30 heavy (non-hydrogen) atoms. The zero-order chi connectivity index (χ0) is 20.3. The molecule has 2 nitrogen and oxygen atoms in total. The molecule has 1 N–H and O–H groups in total. The normalized spacial score (nSPS) is 17.4. The second kappa shape index (κ2) is 8.69. The van der Waals surface area contributed by atoms with Gasteiger partial charge in [-0.3, -0.25) is 4.79 Å². The summed E-state index contributed by atoms with van der Waals surface area (Å²) in [6.45, 7) is 0. The van der Waals surface area contributed by atoms with E-state index >= 15 is 0 Å². The zero-order valence-corrected chi connectivity index (χ0v) is 18.0. The van der Waals surface area contributed by atoms with Crippen molar-refractivity contribution in [1.82, 2.24) is 4.98 Å². The van der Waals surface area contributed by atoms with Crippen molar-refractivity contribution in [3.63, 3.8) is 0 Å². The smallest absolute Gasteiger partial charge is 0.256 e. The Labute approximate surface area is 182 Å². The number of pyridine rings is 1. The summed E-state index contributed by atoms with van der Waals surface area (Å²) in [5.41, 5.74) is 4.89. The molecule has 0 bridgehead atoms. The maximum absolute atomic E-state index is 12.9. The van der Waals surface area contributed by atoms with Gasteiger partial charge in [0.25, 0.3) is 5.56 Å². The van der Waals surface area contributed by atoms with Gasteiger partial charge >= 0.3 is 0 Å². The van der Waals surface area contributed by atoms with E-state index in [4.69, 9.17) is 0 Å². The number of hydrogen-bond donors (Lipinski definition) is 1. The minimum Gasteiger partial charge on any atom is -0.321 e. The average molecular weight is 414 g/mol. The summed E-state index contributed by atoms with van der Waals surface area (Å²) in [5.74, 6) is 0.595. The minimum absolute atomic E-state index is 0.0306. The van der Waals surface area contributed by atoms with Crippen LogP contribution in [0.2, 0.25) is 0 Å². The third-order valence-corrected chi connectivity index (χ3v) is 7.43. The lowest BCUT2D eigenvalue weighted by molar-refractivity contribution is 0.687.